The summed E-state index contributed by atoms with van der Waals surface area (Å²) < 4.78 is 0. The van der Waals surface area contributed by atoms with Crippen molar-refractivity contribution in [3.8, 4) is 0 Å². The van der Waals surface area contributed by atoms with E-state index in [2.05, 4.69) is 31.9 Å². The first-order valence-electron chi connectivity index (χ1n) is 5.20. The van der Waals surface area contributed by atoms with Crippen molar-refractivity contribution in [2.45, 2.75) is 20.3 Å². The topological polar surface area (TPSA) is 29.3 Å². The molecule has 0 spiro atoms. The van der Waals surface area contributed by atoms with Gasteiger partial charge in [0.15, 0.2) is 0 Å². The van der Waals surface area contributed by atoms with Gasteiger partial charge >= 0.3 is 0 Å². The van der Waals surface area contributed by atoms with E-state index >= 15 is 0 Å². The van der Waals surface area contributed by atoms with E-state index in [1.807, 2.05) is 18.2 Å². The summed E-state index contributed by atoms with van der Waals surface area (Å²) in [5.41, 5.74) is 7.76. The van der Waals surface area contributed by atoms with Gasteiger partial charge in [0.25, 0.3) is 0 Å². The van der Waals surface area contributed by atoms with Crippen LogP contribution in [-0.2, 0) is 0 Å². The maximum Gasteiger partial charge on any atom is 0.0384 e. The third-order valence-electron chi connectivity index (χ3n) is 2.59. The number of anilines is 2. The molecule has 0 aromatic heterocycles. The lowest BCUT2D eigenvalue weighted by molar-refractivity contribution is 0.560. The second-order valence-electron chi connectivity index (χ2n) is 3.99. The van der Waals surface area contributed by atoms with Crippen LogP contribution in [0.5, 0.6) is 0 Å². The Kier molecular flexibility index (Phi) is 3.81. The summed E-state index contributed by atoms with van der Waals surface area (Å²) >= 11 is 0. The fourth-order valence-corrected chi connectivity index (χ4v) is 1.46. The van der Waals surface area contributed by atoms with Crippen molar-refractivity contribution >= 4 is 11.4 Å². The van der Waals surface area contributed by atoms with Gasteiger partial charge in [0.05, 0.1) is 0 Å². The number of nitrogen functional groups attached to an aromatic ring is 1. The van der Waals surface area contributed by atoms with Gasteiger partial charge in [0.1, 0.15) is 0 Å². The van der Waals surface area contributed by atoms with Gasteiger partial charge in [-0.25, -0.2) is 0 Å². The van der Waals surface area contributed by atoms with E-state index in [0.717, 1.165) is 18.2 Å². The summed E-state index contributed by atoms with van der Waals surface area (Å²) in [6.45, 7) is 5.57. The van der Waals surface area contributed by atoms with Crippen LogP contribution in [0.4, 0.5) is 11.4 Å². The largest absolute Gasteiger partial charge is 0.399 e. The van der Waals surface area contributed by atoms with Crippen LogP contribution in [-0.4, -0.2) is 13.6 Å². The number of rotatable bonds is 4. The quantitative estimate of drug-likeness (QED) is 0.743. The van der Waals surface area contributed by atoms with Crippen molar-refractivity contribution in [1.29, 1.82) is 0 Å². The van der Waals surface area contributed by atoms with E-state index in [4.69, 9.17) is 5.73 Å². The Morgan fingerprint density at radius 3 is 2.71 bits per heavy atom. The van der Waals surface area contributed by atoms with Crippen LogP contribution >= 0.6 is 0 Å². The Morgan fingerprint density at radius 1 is 1.43 bits per heavy atom. The van der Waals surface area contributed by atoms with Crippen molar-refractivity contribution < 1.29 is 0 Å². The lowest BCUT2D eigenvalue weighted by Crippen LogP contribution is -2.23. The van der Waals surface area contributed by atoms with E-state index in [1.165, 1.54) is 12.1 Å². The van der Waals surface area contributed by atoms with Crippen LogP contribution < -0.4 is 10.6 Å². The zero-order valence-electron chi connectivity index (χ0n) is 9.33. The summed E-state index contributed by atoms with van der Waals surface area (Å²) in [7, 11) is 2.11. The number of hydrogen-bond donors (Lipinski definition) is 1. The number of nitrogens with zero attached hydrogens (tertiary/aromatic N) is 1. The summed E-state index contributed by atoms with van der Waals surface area (Å²) in [4.78, 5) is 2.25. The molecule has 0 amide bonds. The van der Waals surface area contributed by atoms with Gasteiger partial charge < -0.3 is 10.6 Å². The molecule has 0 radical (unpaired) electrons. The molecule has 0 aliphatic rings. The smallest absolute Gasteiger partial charge is 0.0384 e. The Bertz CT molecular complexity index is 283. The van der Waals surface area contributed by atoms with E-state index < -0.39 is 0 Å². The molecule has 14 heavy (non-hydrogen) atoms. The predicted molar refractivity (Wildman–Crippen MR) is 63.6 cm³/mol. The highest BCUT2D eigenvalue weighted by Gasteiger charge is 2.05. The molecule has 1 rings (SSSR count). The van der Waals surface area contributed by atoms with Gasteiger partial charge in [0, 0.05) is 25.0 Å². The molecule has 1 aromatic carbocycles. The SMILES string of the molecule is CCC(C)CN(C)c1cccc(N)c1. The first-order chi connectivity index (χ1) is 6.63. The second-order valence-corrected chi connectivity index (χ2v) is 3.99. The van der Waals surface area contributed by atoms with Gasteiger partial charge in [-0.3, -0.25) is 0 Å². The zero-order chi connectivity index (χ0) is 10.6. The summed E-state index contributed by atoms with van der Waals surface area (Å²) in [6, 6.07) is 8.03. The van der Waals surface area contributed by atoms with Crippen molar-refractivity contribution in [2.75, 3.05) is 24.2 Å². The maximum absolute atomic E-state index is 5.73. The van der Waals surface area contributed by atoms with Crippen molar-refractivity contribution in [3.63, 3.8) is 0 Å². The Labute approximate surface area is 86.7 Å². The van der Waals surface area contributed by atoms with Crippen molar-refractivity contribution in [3.05, 3.63) is 24.3 Å². The molecule has 0 fully saturated rings. The Morgan fingerprint density at radius 2 is 2.14 bits per heavy atom. The Hall–Kier alpha value is -1.18. The van der Waals surface area contributed by atoms with Gasteiger partial charge in [0.2, 0.25) is 0 Å². The molecule has 1 aromatic rings. The lowest BCUT2D eigenvalue weighted by atomic mass is 10.1. The molecule has 2 N–H and O–H groups in total. The van der Waals surface area contributed by atoms with Crippen LogP contribution in [0.25, 0.3) is 0 Å². The van der Waals surface area contributed by atoms with E-state index in [0.29, 0.717) is 0 Å². The molecule has 78 valence electrons. The number of hydrogen-bond acceptors (Lipinski definition) is 2. The molecule has 1 unspecified atom stereocenters. The molecular weight excluding hydrogens is 172 g/mol. The third-order valence-corrected chi connectivity index (χ3v) is 2.59. The molecule has 2 nitrogen and oxygen atoms in total. The fraction of sp³-hybridized carbons (Fsp3) is 0.500. The molecule has 0 aliphatic carbocycles. The first-order valence-corrected chi connectivity index (χ1v) is 5.20. The lowest BCUT2D eigenvalue weighted by Gasteiger charge is -2.22. The average Bonchev–Trinajstić information content (AvgIpc) is 2.17. The molecule has 0 saturated heterocycles. The molecular formula is C12H20N2. The monoisotopic (exact) mass is 192 g/mol. The first kappa shape index (κ1) is 10.9. The predicted octanol–water partition coefficient (Wildman–Crippen LogP) is 2.75. The fourth-order valence-electron chi connectivity index (χ4n) is 1.46. The van der Waals surface area contributed by atoms with Gasteiger partial charge in [-0.05, 0) is 24.1 Å². The zero-order valence-corrected chi connectivity index (χ0v) is 9.33. The molecule has 0 aliphatic heterocycles. The Balaban J connectivity index is 2.64. The second kappa shape index (κ2) is 4.89. The minimum absolute atomic E-state index is 0.724. The highest BCUT2D eigenvalue weighted by atomic mass is 15.1. The number of nitrogens with two attached hydrogens (primary N) is 1. The summed E-state index contributed by atoms with van der Waals surface area (Å²) in [5, 5.41) is 0. The third kappa shape index (κ3) is 2.95. The molecule has 0 heterocycles. The average molecular weight is 192 g/mol. The van der Waals surface area contributed by atoms with Gasteiger partial charge in [-0.15, -0.1) is 0 Å². The van der Waals surface area contributed by atoms with Gasteiger partial charge in [-0.2, -0.15) is 0 Å². The van der Waals surface area contributed by atoms with E-state index in [9.17, 15) is 0 Å². The van der Waals surface area contributed by atoms with Crippen molar-refractivity contribution in [2.24, 2.45) is 5.92 Å². The molecule has 1 atom stereocenters. The minimum Gasteiger partial charge on any atom is -0.399 e. The van der Waals surface area contributed by atoms with Crippen LogP contribution in [0.3, 0.4) is 0 Å². The normalized spacial score (nSPS) is 12.5. The van der Waals surface area contributed by atoms with Crippen LogP contribution in [0, 0.1) is 5.92 Å². The van der Waals surface area contributed by atoms with Gasteiger partial charge in [-0.1, -0.05) is 26.3 Å². The van der Waals surface area contributed by atoms with Crippen LogP contribution in [0.2, 0.25) is 0 Å². The van der Waals surface area contributed by atoms with Crippen LogP contribution in [0.15, 0.2) is 24.3 Å². The van der Waals surface area contributed by atoms with E-state index in [1.54, 1.807) is 0 Å². The molecule has 2 heteroatoms. The maximum atomic E-state index is 5.73. The highest BCUT2D eigenvalue weighted by Crippen LogP contribution is 2.17. The van der Waals surface area contributed by atoms with E-state index in [-0.39, 0.29) is 0 Å². The minimum atomic E-state index is 0.724. The summed E-state index contributed by atoms with van der Waals surface area (Å²) in [6.07, 6.45) is 1.21. The highest BCUT2D eigenvalue weighted by molar-refractivity contribution is 5.55. The van der Waals surface area contributed by atoms with Crippen molar-refractivity contribution in [1.82, 2.24) is 0 Å². The summed E-state index contributed by atoms with van der Waals surface area (Å²) in [5.74, 6) is 0.724. The molecule has 0 saturated carbocycles. The van der Waals surface area contributed by atoms with Crippen LogP contribution in [0.1, 0.15) is 20.3 Å². The number of benzene rings is 1. The molecule has 0 bridgehead atoms. The standard InChI is InChI=1S/C12H20N2/c1-4-10(2)9-14(3)12-7-5-6-11(13)8-12/h5-8,10H,4,9,13H2,1-3H3.